The van der Waals surface area contributed by atoms with Crippen molar-refractivity contribution in [1.82, 2.24) is 16.0 Å². The Morgan fingerprint density at radius 2 is 1.68 bits per heavy atom. The topological polar surface area (TPSA) is 62.1 Å². The maximum Gasteiger partial charge on any atom is 0.0192 e. The van der Waals surface area contributed by atoms with Crippen molar-refractivity contribution < 1.29 is 0 Å². The molecular weight excluding hydrogens is 236 g/mol. The maximum atomic E-state index is 5.72. The minimum Gasteiger partial charge on any atom is -0.328 e. The number of hydrogen-bond acceptors (Lipinski definition) is 4. The van der Waals surface area contributed by atoms with E-state index < -0.39 is 0 Å². The summed E-state index contributed by atoms with van der Waals surface area (Å²) in [6.07, 6.45) is 4.77. The molecule has 2 atom stereocenters. The summed E-state index contributed by atoms with van der Waals surface area (Å²) in [6.45, 7) is 10.9. The van der Waals surface area contributed by atoms with E-state index >= 15 is 0 Å². The predicted octanol–water partition coefficient (Wildman–Crippen LogP) is 1.32. The molecular formula is C15H36N4. The van der Waals surface area contributed by atoms with Gasteiger partial charge >= 0.3 is 0 Å². The molecule has 0 rings (SSSR count). The predicted molar refractivity (Wildman–Crippen MR) is 85.5 cm³/mol. The Kier molecular flexibility index (Phi) is 12.7. The van der Waals surface area contributed by atoms with Gasteiger partial charge in [-0.3, -0.25) is 0 Å². The Labute approximate surface area is 120 Å². The zero-order valence-corrected chi connectivity index (χ0v) is 13.5. The molecule has 0 spiro atoms. The van der Waals surface area contributed by atoms with Crippen LogP contribution in [0, 0.1) is 5.92 Å². The Morgan fingerprint density at radius 3 is 2.26 bits per heavy atom. The van der Waals surface area contributed by atoms with Gasteiger partial charge in [0.05, 0.1) is 0 Å². The van der Waals surface area contributed by atoms with Crippen LogP contribution in [0.2, 0.25) is 0 Å². The summed E-state index contributed by atoms with van der Waals surface area (Å²) in [5, 5.41) is 10.4. The van der Waals surface area contributed by atoms with Gasteiger partial charge < -0.3 is 21.7 Å². The molecule has 0 aromatic heterocycles. The van der Waals surface area contributed by atoms with Crippen molar-refractivity contribution >= 4 is 0 Å². The second-order valence-corrected chi connectivity index (χ2v) is 6.05. The van der Waals surface area contributed by atoms with E-state index in [-0.39, 0.29) is 0 Å². The molecule has 0 amide bonds. The normalized spacial score (nSPS) is 14.8. The summed E-state index contributed by atoms with van der Waals surface area (Å²) >= 11 is 0. The van der Waals surface area contributed by atoms with Gasteiger partial charge in [0.15, 0.2) is 0 Å². The van der Waals surface area contributed by atoms with Crippen molar-refractivity contribution in [2.24, 2.45) is 11.7 Å². The summed E-state index contributed by atoms with van der Waals surface area (Å²) in [5.74, 6) is 0.780. The molecule has 0 aromatic rings. The molecule has 116 valence electrons. The lowest BCUT2D eigenvalue weighted by molar-refractivity contribution is 0.422. The Balaban J connectivity index is 3.53. The molecule has 0 heterocycles. The van der Waals surface area contributed by atoms with Crippen LogP contribution >= 0.6 is 0 Å². The largest absolute Gasteiger partial charge is 0.328 e. The van der Waals surface area contributed by atoms with Gasteiger partial charge in [0, 0.05) is 18.6 Å². The molecule has 4 heteroatoms. The molecule has 0 saturated carbocycles. The minimum atomic E-state index is 0.308. The van der Waals surface area contributed by atoms with Crippen molar-refractivity contribution in [1.29, 1.82) is 0 Å². The first-order valence-corrected chi connectivity index (χ1v) is 7.90. The third-order valence-electron chi connectivity index (χ3n) is 3.29. The third kappa shape index (κ3) is 14.1. The van der Waals surface area contributed by atoms with E-state index in [1.807, 2.05) is 7.05 Å². The molecule has 0 saturated heterocycles. The molecule has 0 aliphatic rings. The molecule has 0 fully saturated rings. The molecule has 19 heavy (non-hydrogen) atoms. The number of hydrogen-bond donors (Lipinski definition) is 4. The average Bonchev–Trinajstić information content (AvgIpc) is 2.32. The van der Waals surface area contributed by atoms with Crippen molar-refractivity contribution in [2.75, 3.05) is 33.2 Å². The van der Waals surface area contributed by atoms with E-state index in [0.717, 1.165) is 38.5 Å². The highest BCUT2D eigenvalue weighted by molar-refractivity contribution is 4.70. The molecule has 0 aliphatic carbocycles. The fourth-order valence-corrected chi connectivity index (χ4v) is 2.03. The summed E-state index contributed by atoms with van der Waals surface area (Å²) in [7, 11) is 2.03. The molecule has 0 aromatic carbocycles. The SMILES string of the molecule is CNCC(CCCNCCC(C)N)NCCC(C)C. The first-order chi connectivity index (χ1) is 9.06. The highest BCUT2D eigenvalue weighted by Gasteiger charge is 2.06. The minimum absolute atomic E-state index is 0.308. The van der Waals surface area contributed by atoms with Crippen LogP contribution in [0.25, 0.3) is 0 Å². The third-order valence-corrected chi connectivity index (χ3v) is 3.29. The second kappa shape index (κ2) is 12.9. The van der Waals surface area contributed by atoms with Crippen LogP contribution in [0.5, 0.6) is 0 Å². The summed E-state index contributed by atoms with van der Waals surface area (Å²) in [4.78, 5) is 0. The molecule has 5 N–H and O–H groups in total. The van der Waals surface area contributed by atoms with E-state index in [1.165, 1.54) is 19.3 Å². The lowest BCUT2D eigenvalue weighted by atomic mass is 10.1. The van der Waals surface area contributed by atoms with Crippen molar-refractivity contribution in [2.45, 2.75) is 58.5 Å². The number of nitrogens with one attached hydrogen (secondary N) is 3. The maximum absolute atomic E-state index is 5.72. The first kappa shape index (κ1) is 18.8. The van der Waals surface area contributed by atoms with Gasteiger partial charge in [-0.15, -0.1) is 0 Å². The van der Waals surface area contributed by atoms with Crippen LogP contribution in [0.1, 0.15) is 46.5 Å². The number of rotatable bonds is 13. The Hall–Kier alpha value is -0.160. The van der Waals surface area contributed by atoms with Gasteiger partial charge in [-0.2, -0.15) is 0 Å². The lowest BCUT2D eigenvalue weighted by Crippen LogP contribution is -2.38. The molecule has 4 nitrogen and oxygen atoms in total. The molecule has 0 radical (unpaired) electrons. The van der Waals surface area contributed by atoms with E-state index in [4.69, 9.17) is 5.73 Å². The monoisotopic (exact) mass is 272 g/mol. The summed E-state index contributed by atoms with van der Waals surface area (Å²) < 4.78 is 0. The van der Waals surface area contributed by atoms with E-state index in [1.54, 1.807) is 0 Å². The van der Waals surface area contributed by atoms with Gasteiger partial charge in [-0.1, -0.05) is 13.8 Å². The van der Waals surface area contributed by atoms with Crippen LogP contribution in [0.4, 0.5) is 0 Å². The van der Waals surface area contributed by atoms with Gasteiger partial charge in [-0.05, 0) is 65.2 Å². The Morgan fingerprint density at radius 1 is 0.947 bits per heavy atom. The highest BCUT2D eigenvalue weighted by Crippen LogP contribution is 2.00. The van der Waals surface area contributed by atoms with Crippen LogP contribution in [-0.2, 0) is 0 Å². The number of nitrogens with two attached hydrogens (primary N) is 1. The zero-order chi connectivity index (χ0) is 14.5. The number of likely N-dealkylation sites (N-methyl/N-ethyl adjacent to an activating group) is 1. The van der Waals surface area contributed by atoms with Gasteiger partial charge in [0.25, 0.3) is 0 Å². The zero-order valence-electron chi connectivity index (χ0n) is 13.5. The van der Waals surface area contributed by atoms with Crippen molar-refractivity contribution in [3.8, 4) is 0 Å². The standard InChI is InChI=1S/C15H36N4/c1-13(2)7-11-19-15(12-17-4)6-5-9-18-10-8-14(3)16/h13-15,17-19H,5-12,16H2,1-4H3. The fraction of sp³-hybridized carbons (Fsp3) is 1.00. The van der Waals surface area contributed by atoms with Gasteiger partial charge in [0.2, 0.25) is 0 Å². The highest BCUT2D eigenvalue weighted by atomic mass is 15.0. The van der Waals surface area contributed by atoms with Crippen LogP contribution in [0.3, 0.4) is 0 Å². The van der Waals surface area contributed by atoms with Crippen molar-refractivity contribution in [3.63, 3.8) is 0 Å². The quantitative estimate of drug-likeness (QED) is 0.382. The fourth-order valence-electron chi connectivity index (χ4n) is 2.03. The van der Waals surface area contributed by atoms with E-state index in [2.05, 4.69) is 36.7 Å². The smallest absolute Gasteiger partial charge is 0.0192 e. The average molecular weight is 272 g/mol. The van der Waals surface area contributed by atoms with E-state index in [9.17, 15) is 0 Å². The second-order valence-electron chi connectivity index (χ2n) is 6.05. The molecule has 0 aliphatic heterocycles. The van der Waals surface area contributed by atoms with Crippen LogP contribution in [-0.4, -0.2) is 45.3 Å². The Bertz CT molecular complexity index is 183. The van der Waals surface area contributed by atoms with Gasteiger partial charge in [0.1, 0.15) is 0 Å². The molecule has 0 bridgehead atoms. The summed E-state index contributed by atoms with van der Waals surface area (Å²) in [5.41, 5.74) is 5.72. The van der Waals surface area contributed by atoms with E-state index in [0.29, 0.717) is 12.1 Å². The van der Waals surface area contributed by atoms with Crippen LogP contribution in [0.15, 0.2) is 0 Å². The van der Waals surface area contributed by atoms with Crippen molar-refractivity contribution in [3.05, 3.63) is 0 Å². The first-order valence-electron chi connectivity index (χ1n) is 7.90. The summed E-state index contributed by atoms with van der Waals surface area (Å²) in [6, 6.07) is 0.904. The lowest BCUT2D eigenvalue weighted by Gasteiger charge is -2.19. The van der Waals surface area contributed by atoms with Crippen LogP contribution < -0.4 is 21.7 Å². The van der Waals surface area contributed by atoms with Gasteiger partial charge in [-0.25, -0.2) is 0 Å². The molecule has 2 unspecified atom stereocenters.